The standard InChI is InChI=1S/C35H46N2O2/c1-6-25-13-10-14-26(7-2)35(25)32-22-34(39-29-20-18-28(38-5)19-21-29)31(24(3)36-32)23-37(4)33-17-11-15-27-12-8-9-16-30(27)33/h8-10,12-14,16,22,28-29,33H,6-7,11,15,17-21,23H2,1-5H3/t28-,29-,33-/m0/s1. The first-order chi connectivity index (χ1) is 19.0. The predicted molar refractivity (Wildman–Crippen MR) is 160 cm³/mol. The first kappa shape index (κ1) is 27.9. The molecule has 2 aromatic carbocycles. The molecule has 0 aliphatic heterocycles. The lowest BCUT2D eigenvalue weighted by Crippen LogP contribution is -2.30. The van der Waals surface area contributed by atoms with Crippen molar-refractivity contribution in [2.75, 3.05) is 14.2 Å². The summed E-state index contributed by atoms with van der Waals surface area (Å²) >= 11 is 0. The normalized spacial score (nSPS) is 21.1. The molecular formula is C35H46N2O2. The molecule has 4 heteroatoms. The van der Waals surface area contributed by atoms with E-state index in [4.69, 9.17) is 14.5 Å². The van der Waals surface area contributed by atoms with Crippen molar-refractivity contribution >= 4 is 0 Å². The third-order valence-electron chi connectivity index (χ3n) is 9.07. The quantitative estimate of drug-likeness (QED) is 0.283. The number of ether oxygens (including phenoxy) is 2. The number of pyridine rings is 1. The summed E-state index contributed by atoms with van der Waals surface area (Å²) < 4.78 is 12.5. The van der Waals surface area contributed by atoms with Gasteiger partial charge in [0.1, 0.15) is 5.75 Å². The first-order valence-corrected chi connectivity index (χ1v) is 15.1. The highest BCUT2D eigenvalue weighted by atomic mass is 16.5. The topological polar surface area (TPSA) is 34.6 Å². The summed E-state index contributed by atoms with van der Waals surface area (Å²) in [5.74, 6) is 1.02. The van der Waals surface area contributed by atoms with E-state index in [0.717, 1.165) is 62.2 Å². The zero-order valence-electron chi connectivity index (χ0n) is 24.6. The second kappa shape index (κ2) is 12.7. The molecule has 1 aromatic heterocycles. The van der Waals surface area contributed by atoms with Gasteiger partial charge in [-0.25, -0.2) is 0 Å². The fraction of sp³-hybridized carbons (Fsp3) is 0.514. The molecule has 0 N–H and O–H groups in total. The highest BCUT2D eigenvalue weighted by molar-refractivity contribution is 5.70. The third kappa shape index (κ3) is 6.07. The number of benzene rings is 2. The smallest absolute Gasteiger partial charge is 0.128 e. The van der Waals surface area contributed by atoms with Gasteiger partial charge in [-0.2, -0.15) is 0 Å². The predicted octanol–water partition coefficient (Wildman–Crippen LogP) is 8.03. The van der Waals surface area contributed by atoms with Crippen LogP contribution in [0.25, 0.3) is 11.3 Å². The van der Waals surface area contributed by atoms with Gasteiger partial charge in [-0.3, -0.25) is 9.88 Å². The number of rotatable bonds is 9. The van der Waals surface area contributed by atoms with Crippen molar-refractivity contribution in [3.63, 3.8) is 0 Å². The maximum absolute atomic E-state index is 6.90. The molecule has 0 amide bonds. The summed E-state index contributed by atoms with van der Waals surface area (Å²) in [6.45, 7) is 7.48. The number of nitrogens with zero attached hydrogens (tertiary/aromatic N) is 2. The van der Waals surface area contributed by atoms with E-state index in [1.807, 2.05) is 7.11 Å². The summed E-state index contributed by atoms with van der Waals surface area (Å²) in [5, 5.41) is 0. The van der Waals surface area contributed by atoms with E-state index in [0.29, 0.717) is 12.1 Å². The van der Waals surface area contributed by atoms with Crippen LogP contribution in [0.5, 0.6) is 5.75 Å². The summed E-state index contributed by atoms with van der Waals surface area (Å²) in [6.07, 6.45) is 10.4. The zero-order valence-corrected chi connectivity index (χ0v) is 24.6. The third-order valence-corrected chi connectivity index (χ3v) is 9.07. The lowest BCUT2D eigenvalue weighted by atomic mass is 9.87. The van der Waals surface area contributed by atoms with E-state index in [2.05, 4.69) is 81.2 Å². The number of aryl methyl sites for hydroxylation is 4. The largest absolute Gasteiger partial charge is 0.490 e. The van der Waals surface area contributed by atoms with Crippen molar-refractivity contribution in [2.24, 2.45) is 0 Å². The number of aromatic nitrogens is 1. The highest BCUT2D eigenvalue weighted by Crippen LogP contribution is 2.38. The SMILES string of the molecule is CCc1cccc(CC)c1-c1cc(O[C@H]2CC[C@H](OC)CC2)c(CN(C)[C@H]2CCCc3ccccc32)c(C)n1. The molecule has 4 nitrogen and oxygen atoms in total. The van der Waals surface area contributed by atoms with Crippen molar-refractivity contribution in [1.29, 1.82) is 0 Å². The molecule has 1 fully saturated rings. The Kier molecular flexibility index (Phi) is 9.04. The van der Waals surface area contributed by atoms with Crippen LogP contribution >= 0.6 is 0 Å². The molecule has 5 rings (SSSR count). The average Bonchev–Trinajstić information content (AvgIpc) is 2.98. The minimum Gasteiger partial charge on any atom is -0.490 e. The molecule has 208 valence electrons. The first-order valence-electron chi connectivity index (χ1n) is 15.1. The molecule has 0 saturated heterocycles. The Morgan fingerprint density at radius 2 is 1.59 bits per heavy atom. The van der Waals surface area contributed by atoms with E-state index < -0.39 is 0 Å². The second-order valence-corrected chi connectivity index (χ2v) is 11.5. The van der Waals surface area contributed by atoms with E-state index in [9.17, 15) is 0 Å². The van der Waals surface area contributed by atoms with Gasteiger partial charge in [-0.1, -0.05) is 56.3 Å². The molecular weight excluding hydrogens is 480 g/mol. The molecule has 2 aliphatic rings. The van der Waals surface area contributed by atoms with Crippen molar-refractivity contribution in [2.45, 2.75) is 103 Å². The molecule has 0 radical (unpaired) electrons. The molecule has 1 atom stereocenters. The van der Waals surface area contributed by atoms with E-state index in [-0.39, 0.29) is 6.10 Å². The molecule has 2 aliphatic carbocycles. The van der Waals surface area contributed by atoms with E-state index in [1.165, 1.54) is 52.6 Å². The van der Waals surface area contributed by atoms with Crippen LogP contribution in [0.4, 0.5) is 0 Å². The maximum Gasteiger partial charge on any atom is 0.128 e. The number of fused-ring (bicyclic) bond motifs is 1. The average molecular weight is 527 g/mol. The van der Waals surface area contributed by atoms with Crippen molar-refractivity contribution in [3.05, 3.63) is 82.0 Å². The van der Waals surface area contributed by atoms with Crippen LogP contribution in [0.3, 0.4) is 0 Å². The number of hydrogen-bond acceptors (Lipinski definition) is 4. The molecule has 1 saturated carbocycles. The maximum atomic E-state index is 6.90. The Hall–Kier alpha value is -2.69. The van der Waals surface area contributed by atoms with Crippen LogP contribution in [0.2, 0.25) is 0 Å². The monoisotopic (exact) mass is 526 g/mol. The fourth-order valence-corrected chi connectivity index (χ4v) is 6.78. The van der Waals surface area contributed by atoms with Gasteiger partial charge in [0.2, 0.25) is 0 Å². The van der Waals surface area contributed by atoms with Gasteiger partial charge < -0.3 is 9.47 Å². The molecule has 1 heterocycles. The van der Waals surface area contributed by atoms with Crippen LogP contribution in [0.1, 0.15) is 91.9 Å². The summed E-state index contributed by atoms with van der Waals surface area (Å²) in [6, 6.07) is 18.4. The molecule has 0 bridgehead atoms. The minimum absolute atomic E-state index is 0.220. The lowest BCUT2D eigenvalue weighted by Gasteiger charge is -2.34. The molecule has 0 spiro atoms. The minimum atomic E-state index is 0.220. The van der Waals surface area contributed by atoms with Gasteiger partial charge in [-0.15, -0.1) is 0 Å². The Morgan fingerprint density at radius 3 is 2.28 bits per heavy atom. The van der Waals surface area contributed by atoms with Crippen LogP contribution < -0.4 is 4.74 Å². The van der Waals surface area contributed by atoms with E-state index >= 15 is 0 Å². The summed E-state index contributed by atoms with van der Waals surface area (Å²) in [7, 11) is 4.10. The van der Waals surface area contributed by atoms with Crippen molar-refractivity contribution in [1.82, 2.24) is 9.88 Å². The van der Waals surface area contributed by atoms with Gasteiger partial charge in [0, 0.05) is 42.6 Å². The Bertz CT molecular complexity index is 1240. The van der Waals surface area contributed by atoms with Gasteiger partial charge in [-0.05, 0) is 94.0 Å². The van der Waals surface area contributed by atoms with Crippen LogP contribution in [-0.4, -0.2) is 36.2 Å². The Morgan fingerprint density at radius 1 is 0.897 bits per heavy atom. The van der Waals surface area contributed by atoms with Gasteiger partial charge in [0.25, 0.3) is 0 Å². The zero-order chi connectivity index (χ0) is 27.4. The van der Waals surface area contributed by atoms with Crippen molar-refractivity contribution < 1.29 is 9.47 Å². The summed E-state index contributed by atoms with van der Waals surface area (Å²) in [5.41, 5.74) is 10.4. The van der Waals surface area contributed by atoms with Crippen LogP contribution in [-0.2, 0) is 30.5 Å². The van der Waals surface area contributed by atoms with Crippen LogP contribution in [0.15, 0.2) is 48.5 Å². The highest BCUT2D eigenvalue weighted by Gasteiger charge is 2.28. The fourth-order valence-electron chi connectivity index (χ4n) is 6.78. The molecule has 0 unspecified atom stereocenters. The molecule has 39 heavy (non-hydrogen) atoms. The van der Waals surface area contributed by atoms with Gasteiger partial charge >= 0.3 is 0 Å². The van der Waals surface area contributed by atoms with E-state index in [1.54, 1.807) is 0 Å². The number of methoxy groups -OCH3 is 1. The molecule has 3 aromatic rings. The van der Waals surface area contributed by atoms with Gasteiger partial charge in [0.05, 0.1) is 17.9 Å². The Balaban J connectivity index is 1.51. The lowest BCUT2D eigenvalue weighted by molar-refractivity contribution is 0.0322. The second-order valence-electron chi connectivity index (χ2n) is 11.5. The van der Waals surface area contributed by atoms with Crippen LogP contribution in [0, 0.1) is 6.92 Å². The van der Waals surface area contributed by atoms with Crippen molar-refractivity contribution in [3.8, 4) is 17.0 Å². The summed E-state index contributed by atoms with van der Waals surface area (Å²) in [4.78, 5) is 7.78. The van der Waals surface area contributed by atoms with Gasteiger partial charge in [0.15, 0.2) is 0 Å². The Labute approximate surface area is 235 Å². The number of hydrogen-bond donors (Lipinski definition) is 0.